The minimum atomic E-state index is 0.0614. The van der Waals surface area contributed by atoms with Crippen molar-refractivity contribution in [1.29, 1.82) is 0 Å². The molecule has 3 heterocycles. The number of nitrogens with zero attached hydrogens (tertiary/aromatic N) is 3. The fourth-order valence-electron chi connectivity index (χ4n) is 3.20. The number of amides is 1. The molecule has 8 heteroatoms. The van der Waals surface area contributed by atoms with E-state index in [0.717, 1.165) is 41.7 Å². The van der Waals surface area contributed by atoms with Crippen LogP contribution in [-0.4, -0.2) is 54.6 Å². The number of hydrogen-bond donors (Lipinski definition) is 1. The van der Waals surface area contributed by atoms with Gasteiger partial charge in [0, 0.05) is 20.2 Å². The molecular weight excluding hydrogens is 340 g/mol. The summed E-state index contributed by atoms with van der Waals surface area (Å²) in [5.41, 5.74) is 6.62. The Kier molecular flexibility index (Phi) is 5.51. The second-order valence-corrected chi connectivity index (χ2v) is 7.29. The Labute approximate surface area is 151 Å². The maximum Gasteiger partial charge on any atom is 0.264 e. The Bertz CT molecular complexity index is 769. The van der Waals surface area contributed by atoms with Crippen molar-refractivity contribution >= 4 is 27.5 Å². The normalized spacial score (nSPS) is 15.8. The number of fused-ring (bicyclic) bond motifs is 1. The molecule has 1 saturated heterocycles. The van der Waals surface area contributed by atoms with Gasteiger partial charge in [0.05, 0.1) is 17.4 Å². The van der Waals surface area contributed by atoms with Gasteiger partial charge in [-0.1, -0.05) is 0 Å². The summed E-state index contributed by atoms with van der Waals surface area (Å²) in [6.45, 7) is 4.44. The number of rotatable bonds is 5. The average molecular weight is 364 g/mol. The quantitative estimate of drug-likeness (QED) is 0.872. The maximum absolute atomic E-state index is 13.0. The van der Waals surface area contributed by atoms with Gasteiger partial charge in [0.1, 0.15) is 11.4 Å². The van der Waals surface area contributed by atoms with Gasteiger partial charge in [-0.2, -0.15) is 4.98 Å². The Morgan fingerprint density at radius 3 is 2.64 bits per heavy atom. The zero-order valence-electron chi connectivity index (χ0n) is 14.9. The highest BCUT2D eigenvalue weighted by molar-refractivity contribution is 7.20. The van der Waals surface area contributed by atoms with Crippen molar-refractivity contribution in [3.8, 4) is 5.88 Å². The standard InChI is InChI=1S/C17H24N4O3S/c1-10-13-15(24-3)19-12(9-23-2)20-16(13)25-14(10)17(22)21-6-4-11(8-18)5-7-21/h11H,4-9,18H2,1-3H3. The molecule has 1 amide bonds. The maximum atomic E-state index is 13.0. The van der Waals surface area contributed by atoms with Crippen molar-refractivity contribution in [2.24, 2.45) is 11.7 Å². The lowest BCUT2D eigenvalue weighted by molar-refractivity contribution is 0.0698. The Morgan fingerprint density at radius 1 is 1.32 bits per heavy atom. The van der Waals surface area contributed by atoms with Gasteiger partial charge in [-0.25, -0.2) is 4.98 Å². The predicted octanol–water partition coefficient (Wildman–Crippen LogP) is 1.97. The number of hydrogen-bond acceptors (Lipinski definition) is 7. The molecule has 0 bridgehead atoms. The van der Waals surface area contributed by atoms with E-state index in [4.69, 9.17) is 15.2 Å². The average Bonchev–Trinajstić information content (AvgIpc) is 2.97. The number of carbonyl (C=O) groups is 1. The van der Waals surface area contributed by atoms with E-state index in [9.17, 15) is 4.79 Å². The summed E-state index contributed by atoms with van der Waals surface area (Å²) in [6.07, 6.45) is 1.93. The van der Waals surface area contributed by atoms with Crippen LogP contribution in [0.25, 0.3) is 10.2 Å². The van der Waals surface area contributed by atoms with E-state index in [0.29, 0.717) is 35.7 Å². The third-order valence-corrected chi connectivity index (χ3v) is 5.87. The van der Waals surface area contributed by atoms with Gasteiger partial charge < -0.3 is 20.1 Å². The van der Waals surface area contributed by atoms with Crippen LogP contribution in [0.4, 0.5) is 0 Å². The van der Waals surface area contributed by atoms with E-state index in [-0.39, 0.29) is 5.91 Å². The number of likely N-dealkylation sites (tertiary alicyclic amines) is 1. The molecule has 0 radical (unpaired) electrons. The molecule has 25 heavy (non-hydrogen) atoms. The van der Waals surface area contributed by atoms with Gasteiger partial charge in [0.15, 0.2) is 5.82 Å². The number of piperidine rings is 1. The number of nitrogens with two attached hydrogens (primary N) is 1. The third-order valence-electron chi connectivity index (χ3n) is 4.70. The molecule has 7 nitrogen and oxygen atoms in total. The topological polar surface area (TPSA) is 90.6 Å². The van der Waals surface area contributed by atoms with Crippen molar-refractivity contribution in [3.63, 3.8) is 0 Å². The van der Waals surface area contributed by atoms with E-state index in [1.54, 1.807) is 14.2 Å². The molecule has 2 N–H and O–H groups in total. The molecule has 0 aromatic carbocycles. The van der Waals surface area contributed by atoms with Crippen LogP contribution in [0, 0.1) is 12.8 Å². The molecule has 1 aliphatic heterocycles. The highest BCUT2D eigenvalue weighted by Gasteiger charge is 2.27. The molecule has 0 saturated carbocycles. The SMILES string of the molecule is COCc1nc(OC)c2c(C)c(C(=O)N3CCC(CN)CC3)sc2n1. The van der Waals surface area contributed by atoms with Crippen LogP contribution in [-0.2, 0) is 11.3 Å². The van der Waals surface area contributed by atoms with E-state index in [1.807, 2.05) is 11.8 Å². The number of aryl methyl sites for hydroxylation is 1. The monoisotopic (exact) mass is 364 g/mol. The summed E-state index contributed by atoms with van der Waals surface area (Å²) in [5, 5.41) is 0.813. The lowest BCUT2D eigenvalue weighted by atomic mass is 9.97. The minimum absolute atomic E-state index is 0.0614. The first kappa shape index (κ1) is 18.0. The van der Waals surface area contributed by atoms with Gasteiger partial charge in [0.2, 0.25) is 5.88 Å². The van der Waals surface area contributed by atoms with E-state index in [2.05, 4.69) is 9.97 Å². The minimum Gasteiger partial charge on any atom is -0.480 e. The van der Waals surface area contributed by atoms with Crippen molar-refractivity contribution in [2.75, 3.05) is 33.9 Å². The van der Waals surface area contributed by atoms with Gasteiger partial charge in [-0.3, -0.25) is 4.79 Å². The summed E-state index contributed by atoms with van der Waals surface area (Å²) in [5.74, 6) is 1.63. The number of aromatic nitrogens is 2. The van der Waals surface area contributed by atoms with Crippen LogP contribution in [0.15, 0.2) is 0 Å². The summed E-state index contributed by atoms with van der Waals surface area (Å²) in [6, 6.07) is 0. The molecule has 2 aromatic rings. The molecule has 136 valence electrons. The Balaban J connectivity index is 1.94. The van der Waals surface area contributed by atoms with Crippen molar-refractivity contribution in [3.05, 3.63) is 16.3 Å². The van der Waals surface area contributed by atoms with E-state index < -0.39 is 0 Å². The molecule has 1 aliphatic rings. The van der Waals surface area contributed by atoms with Crippen LogP contribution in [0.1, 0.15) is 33.9 Å². The van der Waals surface area contributed by atoms with Gasteiger partial charge >= 0.3 is 0 Å². The molecule has 3 rings (SSSR count). The Hall–Kier alpha value is -1.77. The molecule has 2 aromatic heterocycles. The van der Waals surface area contributed by atoms with E-state index in [1.165, 1.54) is 11.3 Å². The number of methoxy groups -OCH3 is 2. The van der Waals surface area contributed by atoms with Crippen molar-refractivity contribution < 1.29 is 14.3 Å². The lowest BCUT2D eigenvalue weighted by Gasteiger charge is -2.31. The highest BCUT2D eigenvalue weighted by Crippen LogP contribution is 2.36. The second-order valence-electron chi connectivity index (χ2n) is 6.29. The van der Waals surface area contributed by atoms with Crippen LogP contribution >= 0.6 is 11.3 Å². The largest absolute Gasteiger partial charge is 0.480 e. The van der Waals surface area contributed by atoms with Crippen molar-refractivity contribution in [2.45, 2.75) is 26.4 Å². The second kappa shape index (κ2) is 7.63. The summed E-state index contributed by atoms with van der Waals surface area (Å²) < 4.78 is 10.5. The van der Waals surface area contributed by atoms with Crippen LogP contribution in [0.3, 0.4) is 0 Å². The fraction of sp³-hybridized carbons (Fsp3) is 0.588. The fourth-order valence-corrected chi connectivity index (χ4v) is 4.36. The zero-order valence-corrected chi connectivity index (χ0v) is 15.7. The number of ether oxygens (including phenoxy) is 2. The van der Waals surface area contributed by atoms with Crippen LogP contribution in [0.2, 0.25) is 0 Å². The van der Waals surface area contributed by atoms with Gasteiger partial charge in [0.25, 0.3) is 5.91 Å². The van der Waals surface area contributed by atoms with E-state index >= 15 is 0 Å². The summed E-state index contributed by atoms with van der Waals surface area (Å²) >= 11 is 1.40. The zero-order chi connectivity index (χ0) is 18.0. The molecule has 0 atom stereocenters. The number of carbonyl (C=O) groups excluding carboxylic acids is 1. The predicted molar refractivity (Wildman–Crippen MR) is 97.1 cm³/mol. The van der Waals surface area contributed by atoms with Gasteiger partial charge in [-0.15, -0.1) is 11.3 Å². The first-order chi connectivity index (χ1) is 12.1. The molecule has 0 unspecified atom stereocenters. The van der Waals surface area contributed by atoms with Crippen LogP contribution in [0.5, 0.6) is 5.88 Å². The molecule has 0 spiro atoms. The first-order valence-corrected chi connectivity index (χ1v) is 9.23. The molecule has 1 fully saturated rings. The number of thiophene rings is 1. The lowest BCUT2D eigenvalue weighted by Crippen LogP contribution is -2.39. The van der Waals surface area contributed by atoms with Crippen molar-refractivity contribution in [1.82, 2.24) is 14.9 Å². The Morgan fingerprint density at radius 2 is 2.04 bits per heavy atom. The smallest absolute Gasteiger partial charge is 0.264 e. The summed E-state index contributed by atoms with van der Waals surface area (Å²) in [4.78, 5) is 25.3. The van der Waals surface area contributed by atoms with Crippen LogP contribution < -0.4 is 10.5 Å². The molecule has 0 aliphatic carbocycles. The first-order valence-electron chi connectivity index (χ1n) is 8.41. The third kappa shape index (κ3) is 3.47. The highest BCUT2D eigenvalue weighted by atomic mass is 32.1. The van der Waals surface area contributed by atoms with Gasteiger partial charge in [-0.05, 0) is 37.8 Å². The summed E-state index contributed by atoms with van der Waals surface area (Å²) in [7, 11) is 3.17. The molecular formula is C17H24N4O3S.